The Hall–Kier alpha value is -0.760. The van der Waals surface area contributed by atoms with Gasteiger partial charge < -0.3 is 10.2 Å². The van der Waals surface area contributed by atoms with Crippen LogP contribution in [0, 0.1) is 0 Å². The minimum Gasteiger partial charge on any atom is -0.337 e. The zero-order valence-electron chi connectivity index (χ0n) is 15.6. The van der Waals surface area contributed by atoms with E-state index in [0.29, 0.717) is 16.2 Å². The van der Waals surface area contributed by atoms with Crippen LogP contribution in [0.3, 0.4) is 0 Å². The molecular formula is C18H29ClN2O3S2. The Morgan fingerprint density at radius 3 is 2.73 bits per heavy atom. The first-order valence-electron chi connectivity index (χ1n) is 8.84. The van der Waals surface area contributed by atoms with E-state index >= 15 is 0 Å². The van der Waals surface area contributed by atoms with E-state index in [-0.39, 0.29) is 35.4 Å². The van der Waals surface area contributed by atoms with Crippen molar-refractivity contribution >= 4 is 39.9 Å². The number of thioether (sulfide) groups is 1. The van der Waals surface area contributed by atoms with Gasteiger partial charge in [-0.2, -0.15) is 0 Å². The number of amides is 1. The van der Waals surface area contributed by atoms with Crippen LogP contribution < -0.4 is 5.32 Å². The van der Waals surface area contributed by atoms with Crippen LogP contribution in [0.5, 0.6) is 0 Å². The summed E-state index contributed by atoms with van der Waals surface area (Å²) < 4.78 is 25.0. The maximum absolute atomic E-state index is 12.8. The summed E-state index contributed by atoms with van der Waals surface area (Å²) in [5.41, 5.74) is 0. The summed E-state index contributed by atoms with van der Waals surface area (Å²) in [5, 5.41) is 2.84. The number of rotatable bonds is 8. The van der Waals surface area contributed by atoms with Gasteiger partial charge in [0.15, 0.2) is 9.84 Å². The van der Waals surface area contributed by atoms with Crippen molar-refractivity contribution in [1.29, 1.82) is 0 Å². The topological polar surface area (TPSA) is 66.5 Å². The minimum atomic E-state index is -3.31. The molecule has 0 aromatic heterocycles. The molecule has 1 fully saturated rings. The Morgan fingerprint density at radius 1 is 1.38 bits per heavy atom. The highest BCUT2D eigenvalue weighted by molar-refractivity contribution is 8.01. The highest BCUT2D eigenvalue weighted by atomic mass is 35.5. The van der Waals surface area contributed by atoms with Gasteiger partial charge in [-0.3, -0.25) is 4.79 Å². The predicted molar refractivity (Wildman–Crippen MR) is 110 cm³/mol. The average molecular weight is 421 g/mol. The van der Waals surface area contributed by atoms with Crippen molar-refractivity contribution in [2.75, 3.05) is 25.9 Å². The molecule has 0 spiro atoms. The molecule has 1 saturated heterocycles. The maximum Gasteiger partial charge on any atom is 0.236 e. The number of carbonyl (C=O) groups is 1. The summed E-state index contributed by atoms with van der Waals surface area (Å²) in [6.07, 6.45) is 2.62. The largest absolute Gasteiger partial charge is 0.337 e. The van der Waals surface area contributed by atoms with E-state index in [9.17, 15) is 13.2 Å². The van der Waals surface area contributed by atoms with Crippen LogP contribution in [-0.2, 0) is 14.6 Å². The lowest BCUT2D eigenvalue weighted by Gasteiger charge is -2.27. The highest BCUT2D eigenvalue weighted by Crippen LogP contribution is 2.32. The molecule has 1 heterocycles. The monoisotopic (exact) mass is 420 g/mol. The molecule has 0 radical (unpaired) electrons. The molecule has 1 aromatic carbocycles. The van der Waals surface area contributed by atoms with Crippen molar-refractivity contribution in [2.45, 2.75) is 54.2 Å². The van der Waals surface area contributed by atoms with Crippen molar-refractivity contribution in [3.63, 3.8) is 0 Å². The lowest BCUT2D eigenvalue weighted by Crippen LogP contribution is -2.44. The number of hydrogen-bond donors (Lipinski definition) is 1. The van der Waals surface area contributed by atoms with Crippen molar-refractivity contribution in [2.24, 2.45) is 0 Å². The van der Waals surface area contributed by atoms with Crippen LogP contribution in [-0.4, -0.2) is 56.4 Å². The van der Waals surface area contributed by atoms with Crippen LogP contribution in [0.4, 0.5) is 0 Å². The fourth-order valence-corrected chi connectivity index (χ4v) is 6.13. The summed E-state index contributed by atoms with van der Waals surface area (Å²) in [5.74, 6) is 0.217. The van der Waals surface area contributed by atoms with Gasteiger partial charge in [-0.05, 0) is 45.4 Å². The number of carbonyl (C=O) groups excluding carboxylic acids is 1. The molecule has 1 aliphatic rings. The van der Waals surface area contributed by atoms with E-state index < -0.39 is 9.84 Å². The Labute approximate surface area is 167 Å². The molecule has 2 rings (SSSR count). The van der Waals surface area contributed by atoms with Crippen LogP contribution in [0.1, 0.15) is 33.1 Å². The molecule has 1 aliphatic heterocycles. The van der Waals surface area contributed by atoms with Gasteiger partial charge in [0.05, 0.1) is 15.9 Å². The van der Waals surface area contributed by atoms with Gasteiger partial charge in [0, 0.05) is 24.0 Å². The average Bonchev–Trinajstić information content (AvgIpc) is 3.03. The van der Waals surface area contributed by atoms with Gasteiger partial charge in [-0.25, -0.2) is 8.42 Å². The first-order chi connectivity index (χ1) is 11.9. The molecular weight excluding hydrogens is 392 g/mol. The molecule has 2 unspecified atom stereocenters. The third-order valence-electron chi connectivity index (χ3n) is 4.41. The Balaban J connectivity index is 0.00000338. The normalized spacial score (nSPS) is 18.4. The van der Waals surface area contributed by atoms with Crippen LogP contribution in [0.25, 0.3) is 0 Å². The molecule has 2 atom stereocenters. The van der Waals surface area contributed by atoms with Crippen LogP contribution in [0.15, 0.2) is 34.1 Å². The number of nitrogens with zero attached hydrogens (tertiary/aromatic N) is 1. The molecule has 26 heavy (non-hydrogen) atoms. The zero-order valence-corrected chi connectivity index (χ0v) is 18.1. The zero-order chi connectivity index (χ0) is 18.4. The predicted octanol–water partition coefficient (Wildman–Crippen LogP) is 2.98. The summed E-state index contributed by atoms with van der Waals surface area (Å²) >= 11 is 1.35. The van der Waals surface area contributed by atoms with Gasteiger partial charge in [0.2, 0.25) is 5.91 Å². The Kier molecular flexibility index (Phi) is 9.44. The molecule has 1 aromatic rings. The van der Waals surface area contributed by atoms with Crippen molar-refractivity contribution in [3.8, 4) is 0 Å². The maximum atomic E-state index is 12.8. The fraction of sp³-hybridized carbons (Fsp3) is 0.611. The van der Waals surface area contributed by atoms with Gasteiger partial charge in [-0.15, -0.1) is 24.2 Å². The number of sulfone groups is 1. The second-order valence-electron chi connectivity index (χ2n) is 6.41. The molecule has 8 heteroatoms. The van der Waals surface area contributed by atoms with E-state index in [4.69, 9.17) is 0 Å². The molecule has 1 amide bonds. The Bertz CT molecular complexity index is 697. The quantitative estimate of drug-likeness (QED) is 0.655. The lowest BCUT2D eigenvalue weighted by molar-refractivity contribution is -0.131. The summed E-state index contributed by atoms with van der Waals surface area (Å²) in [6, 6.07) is 7.24. The summed E-state index contributed by atoms with van der Waals surface area (Å²) in [6.45, 7) is 5.30. The molecule has 1 N–H and O–H groups in total. The molecule has 0 aliphatic carbocycles. The smallest absolute Gasteiger partial charge is 0.236 e. The number of likely N-dealkylation sites (tertiary alicyclic amines) is 1. The van der Waals surface area contributed by atoms with Gasteiger partial charge in [0.25, 0.3) is 0 Å². The number of likely N-dealkylation sites (N-methyl/N-ethyl adjacent to an activating group) is 1. The molecule has 0 saturated carbocycles. The van der Waals surface area contributed by atoms with Crippen LogP contribution in [0.2, 0.25) is 0 Å². The number of benzene rings is 1. The second kappa shape index (κ2) is 10.5. The number of nitrogens with one attached hydrogen (secondary N) is 1. The molecule has 148 valence electrons. The summed E-state index contributed by atoms with van der Waals surface area (Å²) in [7, 11) is -1.41. The van der Waals surface area contributed by atoms with Gasteiger partial charge in [0.1, 0.15) is 0 Å². The second-order valence-corrected chi connectivity index (χ2v) is 9.87. The van der Waals surface area contributed by atoms with Crippen LogP contribution >= 0.6 is 24.2 Å². The fourth-order valence-electron chi connectivity index (χ4n) is 3.23. The first-order valence-corrected chi connectivity index (χ1v) is 11.4. The third-order valence-corrected chi connectivity index (χ3v) is 7.67. The SMILES string of the molecule is CCCS(=O)(=O)c1ccccc1SC(C)C(=O)N1CCCC1CNC.Cl. The minimum absolute atomic E-state index is 0. The van der Waals surface area contributed by atoms with Crippen molar-refractivity contribution < 1.29 is 13.2 Å². The molecule has 0 bridgehead atoms. The Morgan fingerprint density at radius 2 is 2.08 bits per heavy atom. The van der Waals surface area contributed by atoms with Gasteiger partial charge in [-0.1, -0.05) is 19.1 Å². The van der Waals surface area contributed by atoms with E-state index in [0.717, 1.165) is 25.9 Å². The van der Waals surface area contributed by atoms with Crippen molar-refractivity contribution in [1.82, 2.24) is 10.2 Å². The van der Waals surface area contributed by atoms with E-state index in [1.54, 1.807) is 18.2 Å². The van der Waals surface area contributed by atoms with Crippen molar-refractivity contribution in [3.05, 3.63) is 24.3 Å². The standard InChI is InChI=1S/C18H28N2O3S2.ClH/c1-4-12-25(22,23)17-10-6-5-9-16(17)24-14(2)18(21)20-11-7-8-15(20)13-19-3;/h5-6,9-10,14-15,19H,4,7-8,11-13H2,1-3H3;1H. The van der Waals surface area contributed by atoms with Gasteiger partial charge >= 0.3 is 0 Å². The lowest BCUT2D eigenvalue weighted by atomic mass is 10.2. The van der Waals surface area contributed by atoms with E-state index in [1.165, 1.54) is 11.8 Å². The highest BCUT2D eigenvalue weighted by Gasteiger charge is 2.32. The van der Waals surface area contributed by atoms with E-state index in [1.807, 2.05) is 31.9 Å². The first kappa shape index (κ1) is 23.3. The molecule has 5 nitrogen and oxygen atoms in total. The summed E-state index contributed by atoms with van der Waals surface area (Å²) in [4.78, 5) is 15.8. The van der Waals surface area contributed by atoms with E-state index in [2.05, 4.69) is 5.32 Å². The third kappa shape index (κ3) is 5.62. The number of hydrogen-bond acceptors (Lipinski definition) is 5. The number of halogens is 1.